The number of anilines is 1. The Hall–Kier alpha value is -1.56. The maximum absolute atomic E-state index is 12.2. The van der Waals surface area contributed by atoms with Crippen LogP contribution < -0.4 is 10.1 Å². The van der Waals surface area contributed by atoms with Crippen LogP contribution in [0.25, 0.3) is 0 Å². The standard InChI is InChI=1S/C15H14INO2/c1-10-3-8-13(14(16)9-10)15(18)17-11-4-6-12(19-2)7-5-11/h3-9H,1-2H3,(H,17,18). The van der Waals surface area contributed by atoms with Gasteiger partial charge in [-0.1, -0.05) is 11.6 Å². The number of nitrogens with one attached hydrogen (secondary N) is 1. The number of amides is 1. The van der Waals surface area contributed by atoms with Crippen LogP contribution in [0.1, 0.15) is 15.9 Å². The fraction of sp³-hybridized carbons (Fsp3) is 0.133. The zero-order valence-electron chi connectivity index (χ0n) is 10.7. The lowest BCUT2D eigenvalue weighted by atomic mass is 10.1. The molecule has 2 aromatic rings. The van der Waals surface area contributed by atoms with Gasteiger partial charge in [-0.05, 0) is 65.9 Å². The molecule has 0 radical (unpaired) electrons. The number of methoxy groups -OCH3 is 1. The van der Waals surface area contributed by atoms with E-state index in [0.29, 0.717) is 5.56 Å². The van der Waals surface area contributed by atoms with Crippen LogP contribution in [0.15, 0.2) is 42.5 Å². The predicted octanol–water partition coefficient (Wildman–Crippen LogP) is 3.86. The van der Waals surface area contributed by atoms with Gasteiger partial charge in [0.25, 0.3) is 5.91 Å². The Morgan fingerprint density at radius 2 is 1.84 bits per heavy atom. The fourth-order valence-electron chi connectivity index (χ4n) is 1.68. The second kappa shape index (κ2) is 6.06. The molecular formula is C15H14INO2. The molecule has 2 rings (SSSR count). The molecular weight excluding hydrogens is 353 g/mol. The van der Waals surface area contributed by atoms with Crippen molar-refractivity contribution < 1.29 is 9.53 Å². The lowest BCUT2D eigenvalue weighted by molar-refractivity contribution is 0.102. The quantitative estimate of drug-likeness (QED) is 0.837. The van der Waals surface area contributed by atoms with E-state index in [4.69, 9.17) is 4.74 Å². The molecule has 0 aliphatic carbocycles. The van der Waals surface area contributed by atoms with Crippen molar-refractivity contribution >= 4 is 34.2 Å². The Kier molecular flexibility index (Phi) is 4.42. The largest absolute Gasteiger partial charge is 0.497 e. The van der Waals surface area contributed by atoms with Crippen LogP contribution >= 0.6 is 22.6 Å². The molecule has 0 fully saturated rings. The van der Waals surface area contributed by atoms with Gasteiger partial charge < -0.3 is 10.1 Å². The summed E-state index contributed by atoms with van der Waals surface area (Å²) >= 11 is 2.17. The van der Waals surface area contributed by atoms with E-state index < -0.39 is 0 Å². The zero-order valence-corrected chi connectivity index (χ0v) is 12.9. The minimum absolute atomic E-state index is 0.102. The molecule has 0 aliphatic heterocycles. The van der Waals surface area contributed by atoms with Crippen LogP contribution in [-0.4, -0.2) is 13.0 Å². The van der Waals surface area contributed by atoms with Crippen LogP contribution in [0.3, 0.4) is 0 Å². The molecule has 1 N–H and O–H groups in total. The highest BCUT2D eigenvalue weighted by molar-refractivity contribution is 14.1. The molecule has 4 heteroatoms. The number of ether oxygens (including phenoxy) is 1. The van der Waals surface area contributed by atoms with Crippen LogP contribution in [0, 0.1) is 10.5 Å². The van der Waals surface area contributed by atoms with Crippen molar-refractivity contribution in [2.24, 2.45) is 0 Å². The highest BCUT2D eigenvalue weighted by Crippen LogP contribution is 2.18. The van der Waals surface area contributed by atoms with Gasteiger partial charge in [0.1, 0.15) is 5.75 Å². The second-order valence-corrected chi connectivity index (χ2v) is 5.33. The molecule has 0 spiro atoms. The molecule has 0 saturated carbocycles. The number of hydrogen-bond donors (Lipinski definition) is 1. The molecule has 1 amide bonds. The SMILES string of the molecule is COc1ccc(NC(=O)c2ccc(C)cc2I)cc1. The van der Waals surface area contributed by atoms with Crippen LogP contribution in [0.5, 0.6) is 5.75 Å². The third kappa shape index (κ3) is 3.47. The van der Waals surface area contributed by atoms with E-state index in [2.05, 4.69) is 27.9 Å². The summed E-state index contributed by atoms with van der Waals surface area (Å²) < 4.78 is 6.02. The van der Waals surface area contributed by atoms with Crippen molar-refractivity contribution in [3.05, 3.63) is 57.2 Å². The molecule has 0 aromatic heterocycles. The van der Waals surface area contributed by atoms with Gasteiger partial charge in [-0.25, -0.2) is 0 Å². The number of carbonyl (C=O) groups excluding carboxylic acids is 1. The minimum Gasteiger partial charge on any atom is -0.497 e. The Balaban J connectivity index is 2.15. The number of aryl methyl sites for hydroxylation is 1. The maximum atomic E-state index is 12.2. The molecule has 0 atom stereocenters. The van der Waals surface area contributed by atoms with Crippen molar-refractivity contribution in [1.29, 1.82) is 0 Å². The molecule has 0 aliphatic rings. The van der Waals surface area contributed by atoms with Gasteiger partial charge in [-0.2, -0.15) is 0 Å². The number of carbonyl (C=O) groups is 1. The lowest BCUT2D eigenvalue weighted by Gasteiger charge is -2.08. The van der Waals surface area contributed by atoms with Crippen molar-refractivity contribution in [3.63, 3.8) is 0 Å². The van der Waals surface area contributed by atoms with Crippen molar-refractivity contribution in [2.75, 3.05) is 12.4 Å². The van der Waals surface area contributed by atoms with Crippen LogP contribution in [0.2, 0.25) is 0 Å². The summed E-state index contributed by atoms with van der Waals surface area (Å²) in [6, 6.07) is 13.0. The topological polar surface area (TPSA) is 38.3 Å². The smallest absolute Gasteiger partial charge is 0.256 e. The third-order valence-electron chi connectivity index (χ3n) is 2.72. The number of halogens is 1. The normalized spacial score (nSPS) is 10.1. The van der Waals surface area contributed by atoms with Gasteiger partial charge in [0.2, 0.25) is 0 Å². The Morgan fingerprint density at radius 1 is 1.16 bits per heavy atom. The summed E-state index contributed by atoms with van der Waals surface area (Å²) in [7, 11) is 1.61. The van der Waals surface area contributed by atoms with Gasteiger partial charge in [0.05, 0.1) is 12.7 Å². The molecule has 3 nitrogen and oxygen atoms in total. The molecule has 0 saturated heterocycles. The van der Waals surface area contributed by atoms with Crippen molar-refractivity contribution in [1.82, 2.24) is 0 Å². The Bertz CT molecular complexity index is 594. The van der Waals surface area contributed by atoms with Gasteiger partial charge in [-0.3, -0.25) is 4.79 Å². The first-order valence-corrected chi connectivity index (χ1v) is 6.89. The first-order valence-electron chi connectivity index (χ1n) is 5.81. The monoisotopic (exact) mass is 367 g/mol. The van der Waals surface area contributed by atoms with E-state index in [-0.39, 0.29) is 5.91 Å². The second-order valence-electron chi connectivity index (χ2n) is 4.17. The Labute approximate surface area is 126 Å². The number of benzene rings is 2. The van der Waals surface area contributed by atoms with Crippen LogP contribution in [-0.2, 0) is 0 Å². The van der Waals surface area contributed by atoms with E-state index in [1.54, 1.807) is 7.11 Å². The summed E-state index contributed by atoms with van der Waals surface area (Å²) in [6.07, 6.45) is 0. The summed E-state index contributed by atoms with van der Waals surface area (Å²) in [5.41, 5.74) is 2.58. The highest BCUT2D eigenvalue weighted by atomic mass is 127. The fourth-order valence-corrected chi connectivity index (χ4v) is 2.59. The molecule has 2 aromatic carbocycles. The first kappa shape index (κ1) is 13.9. The van der Waals surface area contributed by atoms with Crippen LogP contribution in [0.4, 0.5) is 5.69 Å². The predicted molar refractivity (Wildman–Crippen MR) is 84.8 cm³/mol. The van der Waals surface area contributed by atoms with Gasteiger partial charge in [0.15, 0.2) is 0 Å². The summed E-state index contributed by atoms with van der Waals surface area (Å²) in [4.78, 5) is 12.2. The Morgan fingerprint density at radius 3 is 2.42 bits per heavy atom. The molecule has 98 valence electrons. The zero-order chi connectivity index (χ0) is 13.8. The summed E-state index contributed by atoms with van der Waals surface area (Å²) in [5, 5.41) is 2.87. The van der Waals surface area contributed by atoms with Gasteiger partial charge in [-0.15, -0.1) is 0 Å². The molecule has 0 heterocycles. The highest BCUT2D eigenvalue weighted by Gasteiger charge is 2.10. The average Bonchev–Trinajstić information content (AvgIpc) is 2.39. The van der Waals surface area contributed by atoms with E-state index in [1.165, 1.54) is 0 Å². The van der Waals surface area contributed by atoms with E-state index in [0.717, 1.165) is 20.6 Å². The van der Waals surface area contributed by atoms with Gasteiger partial charge in [0, 0.05) is 9.26 Å². The van der Waals surface area contributed by atoms with Gasteiger partial charge >= 0.3 is 0 Å². The minimum atomic E-state index is -0.102. The summed E-state index contributed by atoms with van der Waals surface area (Å²) in [5.74, 6) is 0.664. The maximum Gasteiger partial charge on any atom is 0.256 e. The van der Waals surface area contributed by atoms with E-state index in [1.807, 2.05) is 49.4 Å². The molecule has 19 heavy (non-hydrogen) atoms. The van der Waals surface area contributed by atoms with E-state index in [9.17, 15) is 4.79 Å². The lowest BCUT2D eigenvalue weighted by Crippen LogP contribution is -2.13. The van der Waals surface area contributed by atoms with Crippen molar-refractivity contribution in [2.45, 2.75) is 6.92 Å². The first-order chi connectivity index (χ1) is 9.10. The molecule has 0 unspecified atom stereocenters. The number of hydrogen-bond acceptors (Lipinski definition) is 2. The molecule has 0 bridgehead atoms. The third-order valence-corrected chi connectivity index (χ3v) is 3.61. The van der Waals surface area contributed by atoms with Crippen molar-refractivity contribution in [3.8, 4) is 5.75 Å². The number of rotatable bonds is 3. The summed E-state index contributed by atoms with van der Waals surface area (Å²) in [6.45, 7) is 2.01. The van der Waals surface area contributed by atoms with E-state index >= 15 is 0 Å². The average molecular weight is 367 g/mol.